The molecule has 2 aromatic heterocycles. The Bertz CT molecular complexity index is 2230. The maximum Gasteiger partial charge on any atom is 0.416 e. The summed E-state index contributed by atoms with van der Waals surface area (Å²) in [6.07, 6.45) is -1.91. The van der Waals surface area contributed by atoms with Crippen molar-refractivity contribution in [3.63, 3.8) is 0 Å². The van der Waals surface area contributed by atoms with Crippen LogP contribution in [0.4, 0.5) is 22.0 Å². The Morgan fingerprint density at radius 3 is 2.22 bits per heavy atom. The minimum Gasteiger partial charge on any atom is -0.468 e. The third-order valence-electron chi connectivity index (χ3n) is 10.5. The summed E-state index contributed by atoms with van der Waals surface area (Å²) in [5.41, 5.74) is 0.762. The monoisotopic (exact) mass is 760 g/mol. The third-order valence-corrected chi connectivity index (χ3v) is 10.5. The highest BCUT2D eigenvalue weighted by Gasteiger charge is 2.38. The maximum absolute atomic E-state index is 14.6. The molecule has 0 amide bonds. The minimum atomic E-state index is -4.47. The van der Waals surface area contributed by atoms with E-state index in [0.29, 0.717) is 54.0 Å². The molecular formula is C42H41F5N4O4. The van der Waals surface area contributed by atoms with Gasteiger partial charge in [0.2, 0.25) is 0 Å². The summed E-state index contributed by atoms with van der Waals surface area (Å²) in [6.45, 7) is 4.69. The Hall–Kier alpha value is -5.27. The number of esters is 1. The topological polar surface area (TPSA) is 104 Å². The summed E-state index contributed by atoms with van der Waals surface area (Å²) in [4.78, 5) is 50.5. The molecule has 0 radical (unpaired) electrons. The number of Topliss-reactive ketones (excluding diaryl/α,β-unsaturated/α-hetero) is 1. The molecule has 1 fully saturated rings. The Labute approximate surface area is 314 Å². The fraction of sp³-hybridized carbons (Fsp3) is 0.333. The number of ether oxygens (including phenoxy) is 1. The SMILES string of the molecule is COC(=O)C(C)(C)N1CCC(NC(C(=O)Cc2c(CCc3cccc(F)c3F)[nH]c3ncccc3c2=O)c2ccc(-c3ccc(C(F)(F)F)cc3)cc2)CC1. The number of pyridine rings is 2. The first-order valence-corrected chi connectivity index (χ1v) is 18.0. The number of carbonyl (C=O) groups is 2. The molecule has 6 rings (SSSR count). The second-order valence-corrected chi connectivity index (χ2v) is 14.3. The van der Waals surface area contributed by atoms with Gasteiger partial charge < -0.3 is 15.0 Å². The van der Waals surface area contributed by atoms with Gasteiger partial charge in [-0.3, -0.25) is 19.3 Å². The molecule has 288 valence electrons. The molecule has 1 aliphatic rings. The van der Waals surface area contributed by atoms with Gasteiger partial charge in [-0.05, 0) is 92.1 Å². The van der Waals surface area contributed by atoms with Gasteiger partial charge in [0.1, 0.15) is 11.2 Å². The Kier molecular flexibility index (Phi) is 11.6. The van der Waals surface area contributed by atoms with E-state index in [1.54, 1.807) is 50.2 Å². The van der Waals surface area contributed by atoms with Crippen molar-refractivity contribution in [2.24, 2.45) is 0 Å². The highest BCUT2D eigenvalue weighted by molar-refractivity contribution is 5.89. The number of nitrogens with zero attached hydrogens (tertiary/aromatic N) is 2. The van der Waals surface area contributed by atoms with Crippen LogP contribution in [0.2, 0.25) is 0 Å². The summed E-state index contributed by atoms with van der Waals surface area (Å²) in [5, 5.41) is 3.78. The van der Waals surface area contributed by atoms with Crippen molar-refractivity contribution in [1.82, 2.24) is 20.2 Å². The number of aryl methyl sites for hydroxylation is 2. The smallest absolute Gasteiger partial charge is 0.416 e. The zero-order valence-electron chi connectivity index (χ0n) is 30.6. The van der Waals surface area contributed by atoms with Crippen LogP contribution in [0.25, 0.3) is 22.2 Å². The number of hydrogen-bond acceptors (Lipinski definition) is 7. The van der Waals surface area contributed by atoms with Crippen molar-refractivity contribution in [2.75, 3.05) is 20.2 Å². The lowest BCUT2D eigenvalue weighted by atomic mass is 9.91. The molecule has 3 heterocycles. The highest BCUT2D eigenvalue weighted by atomic mass is 19.4. The molecule has 0 bridgehead atoms. The van der Waals surface area contributed by atoms with Gasteiger partial charge in [-0.15, -0.1) is 0 Å². The number of halogens is 5. The van der Waals surface area contributed by atoms with Crippen molar-refractivity contribution in [1.29, 1.82) is 0 Å². The van der Waals surface area contributed by atoms with E-state index in [-0.39, 0.29) is 53.6 Å². The molecule has 2 N–H and O–H groups in total. The van der Waals surface area contributed by atoms with Crippen molar-refractivity contribution in [3.8, 4) is 11.1 Å². The number of aromatic amines is 1. The molecular weight excluding hydrogens is 719 g/mol. The van der Waals surface area contributed by atoms with Gasteiger partial charge in [0.25, 0.3) is 0 Å². The number of likely N-dealkylation sites (tertiary alicyclic amines) is 1. The molecule has 1 saturated heterocycles. The van der Waals surface area contributed by atoms with Crippen molar-refractivity contribution < 1.29 is 36.3 Å². The van der Waals surface area contributed by atoms with E-state index in [9.17, 15) is 36.3 Å². The lowest BCUT2D eigenvalue weighted by molar-refractivity contribution is -0.154. The predicted octanol–water partition coefficient (Wildman–Crippen LogP) is 7.53. The minimum absolute atomic E-state index is 0.0483. The fourth-order valence-electron chi connectivity index (χ4n) is 7.20. The standard InChI is InChI=1S/C42H41F5N4O4/c1-41(2,40(54)55-3)51-22-19-30(20-23-51)49-37(28-11-9-25(10-12-28)26-13-16-29(17-14-26)42(45,46)47)35(52)24-32-34(18-15-27-6-4-8-33(43)36(27)44)50-39-31(38(32)53)7-5-21-48-39/h4-14,16-17,21,30,37,49H,15,18-20,22-24H2,1-3H3,(H,48,50,53). The van der Waals surface area contributed by atoms with Gasteiger partial charge in [-0.1, -0.05) is 48.5 Å². The van der Waals surface area contributed by atoms with Gasteiger partial charge >= 0.3 is 12.1 Å². The van der Waals surface area contributed by atoms with Crippen LogP contribution in [-0.2, 0) is 39.8 Å². The van der Waals surface area contributed by atoms with E-state index in [1.807, 2.05) is 4.90 Å². The van der Waals surface area contributed by atoms with E-state index in [2.05, 4.69) is 15.3 Å². The van der Waals surface area contributed by atoms with Crippen LogP contribution in [0.5, 0.6) is 0 Å². The van der Waals surface area contributed by atoms with Crippen LogP contribution in [-0.4, -0.2) is 58.4 Å². The molecule has 3 aromatic carbocycles. The summed E-state index contributed by atoms with van der Waals surface area (Å²) < 4.78 is 73.2. The molecule has 55 heavy (non-hydrogen) atoms. The van der Waals surface area contributed by atoms with E-state index in [0.717, 1.165) is 18.2 Å². The third kappa shape index (κ3) is 8.68. The number of nitrogens with one attached hydrogen (secondary N) is 2. The Morgan fingerprint density at radius 1 is 0.927 bits per heavy atom. The fourth-order valence-corrected chi connectivity index (χ4v) is 7.20. The van der Waals surface area contributed by atoms with Crippen LogP contribution in [0.15, 0.2) is 89.9 Å². The number of carbonyl (C=O) groups excluding carboxylic acids is 2. The second-order valence-electron chi connectivity index (χ2n) is 14.3. The van der Waals surface area contributed by atoms with Gasteiger partial charge in [0, 0.05) is 43.0 Å². The van der Waals surface area contributed by atoms with E-state index >= 15 is 0 Å². The second kappa shape index (κ2) is 16.2. The quantitative estimate of drug-likeness (QED) is 0.100. The first kappa shape index (κ1) is 39.4. The summed E-state index contributed by atoms with van der Waals surface area (Å²) in [7, 11) is 1.35. The van der Waals surface area contributed by atoms with Gasteiger partial charge in [0.15, 0.2) is 22.8 Å². The number of aromatic nitrogens is 2. The normalized spacial score (nSPS) is 14.9. The molecule has 1 aliphatic heterocycles. The molecule has 13 heteroatoms. The van der Waals surface area contributed by atoms with Crippen LogP contribution in [0.3, 0.4) is 0 Å². The van der Waals surface area contributed by atoms with E-state index in [1.165, 1.54) is 37.6 Å². The molecule has 0 spiro atoms. The molecule has 0 aliphatic carbocycles. The lowest BCUT2D eigenvalue weighted by Crippen LogP contribution is -2.56. The Morgan fingerprint density at radius 2 is 1.58 bits per heavy atom. The maximum atomic E-state index is 14.6. The first-order chi connectivity index (χ1) is 26.2. The first-order valence-electron chi connectivity index (χ1n) is 18.0. The summed E-state index contributed by atoms with van der Waals surface area (Å²) in [5.74, 6) is -2.65. The van der Waals surface area contributed by atoms with E-state index < -0.39 is 40.4 Å². The molecule has 5 aromatic rings. The highest BCUT2D eigenvalue weighted by Crippen LogP contribution is 2.32. The van der Waals surface area contributed by atoms with Crippen LogP contribution >= 0.6 is 0 Å². The van der Waals surface area contributed by atoms with Gasteiger partial charge in [-0.2, -0.15) is 13.2 Å². The van der Waals surface area contributed by atoms with Crippen LogP contribution in [0, 0.1) is 11.6 Å². The number of hydrogen-bond donors (Lipinski definition) is 2. The Balaban J connectivity index is 1.31. The molecule has 8 nitrogen and oxygen atoms in total. The number of fused-ring (bicyclic) bond motifs is 1. The zero-order chi connectivity index (χ0) is 39.5. The average molecular weight is 761 g/mol. The van der Waals surface area contributed by atoms with Crippen molar-refractivity contribution in [3.05, 3.63) is 135 Å². The zero-order valence-corrected chi connectivity index (χ0v) is 30.6. The number of rotatable bonds is 12. The van der Waals surface area contributed by atoms with Crippen LogP contribution in [0.1, 0.15) is 60.7 Å². The molecule has 0 saturated carbocycles. The van der Waals surface area contributed by atoms with Gasteiger partial charge in [-0.25, -0.2) is 13.8 Å². The number of piperidine rings is 1. The summed E-state index contributed by atoms with van der Waals surface area (Å²) >= 11 is 0. The summed E-state index contributed by atoms with van der Waals surface area (Å²) in [6, 6.07) is 17.8. The number of benzene rings is 3. The lowest BCUT2D eigenvalue weighted by Gasteiger charge is -2.41. The predicted molar refractivity (Wildman–Crippen MR) is 198 cm³/mol. The number of alkyl halides is 3. The van der Waals surface area contributed by atoms with Crippen molar-refractivity contribution in [2.45, 2.75) is 69.8 Å². The number of ketones is 1. The average Bonchev–Trinajstić information content (AvgIpc) is 3.18. The largest absolute Gasteiger partial charge is 0.468 e. The van der Waals surface area contributed by atoms with Crippen LogP contribution < -0.4 is 10.7 Å². The molecule has 1 unspecified atom stereocenters. The molecule has 1 atom stereocenters. The van der Waals surface area contributed by atoms with E-state index in [4.69, 9.17) is 4.74 Å². The number of H-pyrrole nitrogens is 1. The van der Waals surface area contributed by atoms with Gasteiger partial charge in [0.05, 0.1) is 24.1 Å². The van der Waals surface area contributed by atoms with Crippen molar-refractivity contribution >= 4 is 22.8 Å². The number of methoxy groups -OCH3 is 1.